The highest BCUT2D eigenvalue weighted by atomic mass is 16.2. The van der Waals surface area contributed by atoms with Crippen molar-refractivity contribution >= 4 is 11.6 Å². The molecule has 0 aromatic carbocycles. The molecule has 4 heteroatoms. The van der Waals surface area contributed by atoms with Gasteiger partial charge in [-0.1, -0.05) is 25.7 Å². The van der Waals surface area contributed by atoms with E-state index < -0.39 is 0 Å². The molecule has 1 heterocycles. The lowest BCUT2D eigenvalue weighted by atomic mass is 10.1. The van der Waals surface area contributed by atoms with Crippen LogP contribution < -0.4 is 5.32 Å². The van der Waals surface area contributed by atoms with Crippen LogP contribution in [0.2, 0.25) is 0 Å². The van der Waals surface area contributed by atoms with Gasteiger partial charge < -0.3 is 10.2 Å². The minimum atomic E-state index is 0.0960. The first-order chi connectivity index (χ1) is 9.24. The van der Waals surface area contributed by atoms with Crippen molar-refractivity contribution in [2.75, 3.05) is 19.4 Å². The molecule has 1 fully saturated rings. The molecule has 1 aliphatic carbocycles. The second-order valence-corrected chi connectivity index (χ2v) is 5.23. The molecule has 0 spiro atoms. The molecule has 0 aliphatic heterocycles. The number of carbonyl (C=O) groups is 1. The van der Waals surface area contributed by atoms with Crippen molar-refractivity contribution in [1.82, 2.24) is 9.88 Å². The Hall–Kier alpha value is -1.58. The minimum absolute atomic E-state index is 0.0960. The Kier molecular flexibility index (Phi) is 4.77. The molecule has 0 atom stereocenters. The van der Waals surface area contributed by atoms with Crippen LogP contribution in [0.25, 0.3) is 0 Å². The number of nitrogens with one attached hydrogen (secondary N) is 1. The van der Waals surface area contributed by atoms with Gasteiger partial charge in [0.05, 0.1) is 17.4 Å². The monoisotopic (exact) mass is 261 g/mol. The number of hydrogen-bond donors (Lipinski definition) is 1. The predicted molar refractivity (Wildman–Crippen MR) is 77.4 cm³/mol. The fraction of sp³-hybridized carbons (Fsp3) is 0.600. The van der Waals surface area contributed by atoms with E-state index in [4.69, 9.17) is 0 Å². The fourth-order valence-corrected chi connectivity index (χ4v) is 2.78. The van der Waals surface area contributed by atoms with Crippen molar-refractivity contribution in [2.45, 2.75) is 44.6 Å². The zero-order valence-corrected chi connectivity index (χ0v) is 11.9. The highest BCUT2D eigenvalue weighted by Crippen LogP contribution is 2.23. The molecule has 1 amide bonds. The summed E-state index contributed by atoms with van der Waals surface area (Å²) in [5.74, 6) is 0.0960. The van der Waals surface area contributed by atoms with Crippen molar-refractivity contribution in [2.24, 2.45) is 0 Å². The maximum atomic E-state index is 12.6. The number of hydrogen-bond acceptors (Lipinski definition) is 3. The summed E-state index contributed by atoms with van der Waals surface area (Å²) < 4.78 is 0. The molecule has 1 aromatic rings. The summed E-state index contributed by atoms with van der Waals surface area (Å²) >= 11 is 0. The molecule has 1 N–H and O–H groups in total. The van der Waals surface area contributed by atoms with Gasteiger partial charge in [-0.2, -0.15) is 0 Å². The van der Waals surface area contributed by atoms with E-state index in [1.807, 2.05) is 19.0 Å². The van der Waals surface area contributed by atoms with Gasteiger partial charge in [-0.3, -0.25) is 9.78 Å². The summed E-state index contributed by atoms with van der Waals surface area (Å²) in [6.07, 6.45) is 10.7. The van der Waals surface area contributed by atoms with E-state index in [-0.39, 0.29) is 5.91 Å². The quantitative estimate of drug-likeness (QED) is 0.851. The van der Waals surface area contributed by atoms with Crippen LogP contribution in [0.15, 0.2) is 18.5 Å². The van der Waals surface area contributed by atoms with Gasteiger partial charge in [0.2, 0.25) is 0 Å². The van der Waals surface area contributed by atoms with E-state index in [1.54, 1.807) is 18.5 Å². The standard InChI is InChI=1S/C15H23N3O/c1-16-14-11-17-10-9-13(14)15(19)18(2)12-7-5-3-4-6-8-12/h9-12,16H,3-8H2,1-2H3. The fourth-order valence-electron chi connectivity index (χ4n) is 2.78. The third-order valence-corrected chi connectivity index (χ3v) is 4.01. The van der Waals surface area contributed by atoms with Crippen LogP contribution in [0.1, 0.15) is 48.9 Å². The molecule has 0 bridgehead atoms. The van der Waals surface area contributed by atoms with Gasteiger partial charge in [0, 0.05) is 26.3 Å². The van der Waals surface area contributed by atoms with Gasteiger partial charge in [0.1, 0.15) is 0 Å². The van der Waals surface area contributed by atoms with Crippen LogP contribution in [0.4, 0.5) is 5.69 Å². The first-order valence-corrected chi connectivity index (χ1v) is 7.13. The lowest BCUT2D eigenvalue weighted by molar-refractivity contribution is 0.0718. The van der Waals surface area contributed by atoms with Crippen LogP contribution in [0.3, 0.4) is 0 Å². The van der Waals surface area contributed by atoms with Crippen molar-refractivity contribution in [3.8, 4) is 0 Å². The van der Waals surface area contributed by atoms with Gasteiger partial charge in [-0.05, 0) is 18.9 Å². The number of pyridine rings is 1. The van der Waals surface area contributed by atoms with Crippen molar-refractivity contribution in [3.63, 3.8) is 0 Å². The number of nitrogens with zero attached hydrogens (tertiary/aromatic N) is 2. The largest absolute Gasteiger partial charge is 0.386 e. The minimum Gasteiger partial charge on any atom is -0.386 e. The second-order valence-electron chi connectivity index (χ2n) is 5.23. The molecular weight excluding hydrogens is 238 g/mol. The topological polar surface area (TPSA) is 45.2 Å². The van der Waals surface area contributed by atoms with Crippen molar-refractivity contribution in [3.05, 3.63) is 24.0 Å². The van der Waals surface area contributed by atoms with Crippen LogP contribution in [-0.4, -0.2) is 35.9 Å². The third-order valence-electron chi connectivity index (χ3n) is 4.01. The molecule has 1 aromatic heterocycles. The molecular formula is C15H23N3O. The Balaban J connectivity index is 2.13. The Bertz CT molecular complexity index is 425. The molecule has 4 nitrogen and oxygen atoms in total. The summed E-state index contributed by atoms with van der Waals surface area (Å²) in [5, 5.41) is 3.04. The maximum absolute atomic E-state index is 12.6. The zero-order chi connectivity index (χ0) is 13.7. The molecule has 104 valence electrons. The average molecular weight is 261 g/mol. The number of carbonyl (C=O) groups excluding carboxylic acids is 1. The molecule has 19 heavy (non-hydrogen) atoms. The Morgan fingerprint density at radius 1 is 1.32 bits per heavy atom. The van der Waals surface area contributed by atoms with Crippen LogP contribution in [0, 0.1) is 0 Å². The molecule has 2 rings (SSSR count). The van der Waals surface area contributed by atoms with Crippen molar-refractivity contribution in [1.29, 1.82) is 0 Å². The Labute approximate surface area is 115 Å². The third kappa shape index (κ3) is 3.25. The summed E-state index contributed by atoms with van der Waals surface area (Å²) in [4.78, 5) is 18.6. The van der Waals surface area contributed by atoms with Gasteiger partial charge in [0.25, 0.3) is 5.91 Å². The van der Waals surface area contributed by atoms with Gasteiger partial charge in [-0.25, -0.2) is 0 Å². The predicted octanol–water partition coefficient (Wildman–Crippen LogP) is 2.92. The summed E-state index contributed by atoms with van der Waals surface area (Å²) in [6, 6.07) is 2.18. The highest BCUT2D eigenvalue weighted by Gasteiger charge is 2.23. The summed E-state index contributed by atoms with van der Waals surface area (Å²) in [5.41, 5.74) is 1.51. The number of amides is 1. The van der Waals surface area contributed by atoms with Gasteiger partial charge >= 0.3 is 0 Å². The van der Waals surface area contributed by atoms with E-state index >= 15 is 0 Å². The summed E-state index contributed by atoms with van der Waals surface area (Å²) in [7, 11) is 3.75. The van der Waals surface area contributed by atoms with Gasteiger partial charge in [-0.15, -0.1) is 0 Å². The molecule has 0 saturated heterocycles. The van der Waals surface area contributed by atoms with E-state index in [2.05, 4.69) is 10.3 Å². The second kappa shape index (κ2) is 6.55. The van der Waals surface area contributed by atoms with E-state index in [9.17, 15) is 4.79 Å². The van der Waals surface area contributed by atoms with Crippen LogP contribution in [0.5, 0.6) is 0 Å². The normalized spacial score (nSPS) is 16.7. The highest BCUT2D eigenvalue weighted by molar-refractivity contribution is 5.99. The Morgan fingerprint density at radius 3 is 2.63 bits per heavy atom. The van der Waals surface area contributed by atoms with E-state index in [0.717, 1.165) is 18.5 Å². The number of aromatic nitrogens is 1. The first kappa shape index (κ1) is 13.8. The smallest absolute Gasteiger partial charge is 0.256 e. The van der Waals surface area contributed by atoms with E-state index in [0.29, 0.717) is 11.6 Å². The lowest BCUT2D eigenvalue weighted by Gasteiger charge is -2.28. The SMILES string of the molecule is CNc1cnccc1C(=O)N(C)C1CCCCCC1. The number of rotatable bonds is 3. The maximum Gasteiger partial charge on any atom is 0.256 e. The van der Waals surface area contributed by atoms with Gasteiger partial charge in [0.15, 0.2) is 0 Å². The number of anilines is 1. The van der Waals surface area contributed by atoms with Crippen LogP contribution >= 0.6 is 0 Å². The van der Waals surface area contributed by atoms with Crippen LogP contribution in [-0.2, 0) is 0 Å². The van der Waals surface area contributed by atoms with E-state index in [1.165, 1.54) is 25.7 Å². The Morgan fingerprint density at radius 2 is 2.00 bits per heavy atom. The lowest BCUT2D eigenvalue weighted by Crippen LogP contribution is -2.37. The molecule has 1 saturated carbocycles. The molecule has 0 unspecified atom stereocenters. The average Bonchev–Trinajstić information content (AvgIpc) is 2.74. The zero-order valence-electron chi connectivity index (χ0n) is 11.9. The first-order valence-electron chi connectivity index (χ1n) is 7.13. The summed E-state index contributed by atoms with van der Waals surface area (Å²) in [6.45, 7) is 0. The molecule has 0 radical (unpaired) electrons. The van der Waals surface area contributed by atoms with Crippen molar-refractivity contribution < 1.29 is 4.79 Å². The molecule has 1 aliphatic rings.